The molecule has 1 aromatic heterocycles. The highest BCUT2D eigenvalue weighted by Gasteiger charge is 2.51. The van der Waals surface area contributed by atoms with Gasteiger partial charge in [-0.3, -0.25) is 0 Å². The van der Waals surface area contributed by atoms with Crippen LogP contribution in [0.5, 0.6) is 0 Å². The van der Waals surface area contributed by atoms with Crippen molar-refractivity contribution in [1.29, 1.82) is 0 Å². The first-order chi connectivity index (χ1) is 9.72. The fourth-order valence-electron chi connectivity index (χ4n) is 3.45. The van der Waals surface area contributed by atoms with E-state index in [4.69, 9.17) is 9.52 Å². The minimum Gasteiger partial charge on any atom is -0.478 e. The number of hydrogen-bond donors (Lipinski definition) is 1. The molecule has 0 aromatic carbocycles. The van der Waals surface area contributed by atoms with Crippen LogP contribution in [0.2, 0.25) is 0 Å². The van der Waals surface area contributed by atoms with Crippen molar-refractivity contribution in [2.75, 3.05) is 33.2 Å². The Labute approximate surface area is 123 Å². The highest BCUT2D eigenvalue weighted by molar-refractivity contribution is 7.89. The molecule has 0 radical (unpaired) electrons. The Morgan fingerprint density at radius 3 is 2.71 bits per heavy atom. The summed E-state index contributed by atoms with van der Waals surface area (Å²) in [6.07, 6.45) is 0.960. The number of carboxylic acid groups (broad SMARTS) is 1. The van der Waals surface area contributed by atoms with Crippen LogP contribution in [-0.4, -0.2) is 61.9 Å². The second-order valence-electron chi connectivity index (χ2n) is 6.30. The molecule has 2 saturated heterocycles. The Morgan fingerprint density at radius 2 is 2.14 bits per heavy atom. The van der Waals surface area contributed by atoms with E-state index in [0.717, 1.165) is 25.4 Å². The van der Waals surface area contributed by atoms with E-state index in [-0.39, 0.29) is 16.1 Å². The average molecular weight is 314 g/mol. The molecule has 0 aliphatic carbocycles. The quantitative estimate of drug-likeness (QED) is 0.876. The maximum absolute atomic E-state index is 12.6. The standard InChI is InChI=1S/C13H18N2O5S/c1-13-7-14(2)4-10(13)5-15(8-13)21(18,19)11-3-9(6-20-11)12(16)17/h3,6,10H,4-5,7-8H2,1-2H3,(H,16,17)/t10-,13+/m1/s1. The Kier molecular flexibility index (Phi) is 3.16. The number of furan rings is 1. The van der Waals surface area contributed by atoms with E-state index in [1.165, 1.54) is 4.31 Å². The monoisotopic (exact) mass is 314 g/mol. The molecule has 0 spiro atoms. The summed E-state index contributed by atoms with van der Waals surface area (Å²) in [5, 5.41) is 8.56. The van der Waals surface area contributed by atoms with Gasteiger partial charge in [0.1, 0.15) is 6.26 Å². The number of likely N-dealkylation sites (tertiary alicyclic amines) is 1. The Morgan fingerprint density at radius 1 is 1.43 bits per heavy atom. The van der Waals surface area contributed by atoms with Crippen molar-refractivity contribution >= 4 is 16.0 Å². The van der Waals surface area contributed by atoms with Gasteiger partial charge in [0.05, 0.1) is 5.56 Å². The van der Waals surface area contributed by atoms with Gasteiger partial charge in [-0.15, -0.1) is 0 Å². The molecule has 0 amide bonds. The highest BCUT2D eigenvalue weighted by atomic mass is 32.2. The van der Waals surface area contributed by atoms with Gasteiger partial charge in [0.15, 0.2) is 0 Å². The van der Waals surface area contributed by atoms with Gasteiger partial charge in [0, 0.05) is 32.2 Å². The van der Waals surface area contributed by atoms with Crippen molar-refractivity contribution in [2.24, 2.45) is 11.3 Å². The molecule has 21 heavy (non-hydrogen) atoms. The second-order valence-corrected chi connectivity index (χ2v) is 8.17. The minimum atomic E-state index is -3.76. The zero-order valence-corrected chi connectivity index (χ0v) is 12.8. The predicted molar refractivity (Wildman–Crippen MR) is 73.5 cm³/mol. The normalized spacial score (nSPS) is 30.7. The summed E-state index contributed by atoms with van der Waals surface area (Å²) >= 11 is 0. The number of hydrogen-bond acceptors (Lipinski definition) is 5. The molecular formula is C13H18N2O5S. The van der Waals surface area contributed by atoms with E-state index in [2.05, 4.69) is 11.8 Å². The van der Waals surface area contributed by atoms with Gasteiger partial charge in [-0.2, -0.15) is 4.31 Å². The molecular weight excluding hydrogens is 296 g/mol. The van der Waals surface area contributed by atoms with Crippen LogP contribution in [0.3, 0.4) is 0 Å². The summed E-state index contributed by atoms with van der Waals surface area (Å²) < 4.78 is 31.5. The number of fused-ring (bicyclic) bond motifs is 1. The van der Waals surface area contributed by atoms with Gasteiger partial charge < -0.3 is 14.4 Å². The van der Waals surface area contributed by atoms with Crippen LogP contribution >= 0.6 is 0 Å². The first-order valence-electron chi connectivity index (χ1n) is 6.73. The van der Waals surface area contributed by atoms with Crippen LogP contribution in [0.1, 0.15) is 17.3 Å². The molecule has 0 saturated carbocycles. The molecule has 116 valence electrons. The molecule has 7 nitrogen and oxygen atoms in total. The van der Waals surface area contributed by atoms with E-state index < -0.39 is 16.0 Å². The topological polar surface area (TPSA) is 91.1 Å². The van der Waals surface area contributed by atoms with E-state index in [1.54, 1.807) is 0 Å². The molecule has 3 heterocycles. The lowest BCUT2D eigenvalue weighted by Gasteiger charge is -2.23. The van der Waals surface area contributed by atoms with Crippen molar-refractivity contribution < 1.29 is 22.7 Å². The second kappa shape index (κ2) is 4.56. The average Bonchev–Trinajstić information content (AvgIpc) is 3.00. The summed E-state index contributed by atoms with van der Waals surface area (Å²) in [5.41, 5.74) is -0.205. The lowest BCUT2D eigenvalue weighted by atomic mass is 9.83. The van der Waals surface area contributed by atoms with Crippen LogP contribution in [0.4, 0.5) is 0 Å². The number of nitrogens with zero attached hydrogens (tertiary/aromatic N) is 2. The highest BCUT2D eigenvalue weighted by Crippen LogP contribution is 2.43. The molecule has 0 unspecified atom stereocenters. The summed E-state index contributed by atoms with van der Waals surface area (Å²) in [5.74, 6) is -0.904. The minimum absolute atomic E-state index is 0.0515. The van der Waals surface area contributed by atoms with Gasteiger partial charge in [-0.25, -0.2) is 13.2 Å². The van der Waals surface area contributed by atoms with Crippen molar-refractivity contribution in [2.45, 2.75) is 12.0 Å². The lowest BCUT2D eigenvalue weighted by molar-refractivity contribution is 0.0696. The third-order valence-corrected chi connectivity index (χ3v) is 6.21. The molecule has 8 heteroatoms. The smallest absolute Gasteiger partial charge is 0.339 e. The summed E-state index contributed by atoms with van der Waals surface area (Å²) in [6.45, 7) is 4.73. The van der Waals surface area contributed by atoms with Crippen molar-refractivity contribution in [3.05, 3.63) is 17.9 Å². The summed E-state index contributed by atoms with van der Waals surface area (Å²) in [7, 11) is -1.73. The zero-order chi connectivity index (χ0) is 15.4. The first-order valence-corrected chi connectivity index (χ1v) is 8.17. The molecule has 2 atom stereocenters. The first kappa shape index (κ1) is 14.6. The van der Waals surface area contributed by atoms with E-state index in [1.807, 2.05) is 7.05 Å². The van der Waals surface area contributed by atoms with Gasteiger partial charge in [0.25, 0.3) is 10.0 Å². The Bertz CT molecular complexity index is 682. The van der Waals surface area contributed by atoms with Crippen LogP contribution in [0.15, 0.2) is 21.8 Å². The molecule has 1 N–H and O–H groups in total. The number of sulfonamides is 1. The van der Waals surface area contributed by atoms with Crippen LogP contribution in [-0.2, 0) is 10.0 Å². The zero-order valence-electron chi connectivity index (χ0n) is 11.9. The largest absolute Gasteiger partial charge is 0.478 e. The molecule has 2 fully saturated rings. The maximum atomic E-state index is 12.6. The van der Waals surface area contributed by atoms with Crippen molar-refractivity contribution in [3.63, 3.8) is 0 Å². The van der Waals surface area contributed by atoms with Gasteiger partial charge >= 0.3 is 5.97 Å². The molecule has 2 aliphatic heterocycles. The van der Waals surface area contributed by atoms with E-state index in [0.29, 0.717) is 19.0 Å². The van der Waals surface area contributed by atoms with Crippen molar-refractivity contribution in [3.8, 4) is 0 Å². The Hall–Kier alpha value is -1.38. The SMILES string of the molecule is CN1C[C@@H]2CN(S(=O)(=O)c3cc(C(=O)O)co3)C[C@]2(C)C1. The van der Waals surface area contributed by atoms with Crippen LogP contribution < -0.4 is 0 Å². The van der Waals surface area contributed by atoms with Crippen LogP contribution in [0, 0.1) is 11.3 Å². The third-order valence-electron chi connectivity index (χ3n) is 4.53. The lowest BCUT2D eigenvalue weighted by Crippen LogP contribution is -2.34. The molecule has 2 aliphatic rings. The van der Waals surface area contributed by atoms with Crippen LogP contribution in [0.25, 0.3) is 0 Å². The fraction of sp³-hybridized carbons (Fsp3) is 0.615. The fourth-order valence-corrected chi connectivity index (χ4v) is 4.99. The molecule has 0 bridgehead atoms. The molecule has 1 aromatic rings. The predicted octanol–water partition coefficient (Wildman–Crippen LogP) is 0.550. The third kappa shape index (κ3) is 2.27. The van der Waals surface area contributed by atoms with Gasteiger partial charge in [-0.05, 0) is 18.4 Å². The van der Waals surface area contributed by atoms with E-state index >= 15 is 0 Å². The Balaban J connectivity index is 1.85. The van der Waals surface area contributed by atoms with E-state index in [9.17, 15) is 13.2 Å². The van der Waals surface area contributed by atoms with Crippen molar-refractivity contribution in [1.82, 2.24) is 9.21 Å². The summed E-state index contributed by atoms with van der Waals surface area (Å²) in [6, 6.07) is 1.07. The maximum Gasteiger partial charge on any atom is 0.339 e. The number of aromatic carboxylic acids is 1. The van der Waals surface area contributed by atoms with Gasteiger partial charge in [0.2, 0.25) is 5.09 Å². The van der Waals surface area contributed by atoms with Gasteiger partial charge in [-0.1, -0.05) is 6.92 Å². The number of carbonyl (C=O) groups is 1. The molecule has 3 rings (SSSR count). The summed E-state index contributed by atoms with van der Waals surface area (Å²) in [4.78, 5) is 13.0. The number of rotatable bonds is 3. The number of carboxylic acids is 1.